The van der Waals surface area contributed by atoms with Gasteiger partial charge in [0.2, 0.25) is 15.8 Å². The van der Waals surface area contributed by atoms with Crippen LogP contribution in [0.5, 0.6) is 0 Å². The number of rotatable bonds is 10. The molecule has 1 N–H and O–H groups in total. The molecule has 0 aliphatic rings. The van der Waals surface area contributed by atoms with Gasteiger partial charge in [-0.1, -0.05) is 98.8 Å². The van der Waals surface area contributed by atoms with Crippen LogP contribution >= 0.6 is 0 Å². The van der Waals surface area contributed by atoms with Crippen molar-refractivity contribution >= 4 is 26.8 Å². The van der Waals surface area contributed by atoms with Crippen LogP contribution in [0.1, 0.15) is 48.5 Å². The number of carbonyl (C=O) groups is 1. The Morgan fingerprint density at radius 1 is 0.844 bits per heavy atom. The number of nitrogens with zero attached hydrogens (tertiary/aromatic N) is 1. The van der Waals surface area contributed by atoms with E-state index < -0.39 is 39.9 Å². The van der Waals surface area contributed by atoms with Crippen LogP contribution in [0.4, 0.5) is 13.2 Å². The van der Waals surface area contributed by atoms with E-state index in [1.807, 2.05) is 56.3 Å². The van der Waals surface area contributed by atoms with Gasteiger partial charge in [0.15, 0.2) is 0 Å². The van der Waals surface area contributed by atoms with E-state index >= 15 is 0 Å². The van der Waals surface area contributed by atoms with Gasteiger partial charge in [-0.2, -0.15) is 17.5 Å². The SMILES string of the molecule is Cc1ccc2ccccc2c1S(=O)(=O)N(Cc1ccc(-c2cccc(C(C)(C)CC(=O)O)c2)cc1)Cc1ccc(C(F)(F)F)o1. The molecule has 0 aliphatic carbocycles. The highest BCUT2D eigenvalue weighted by molar-refractivity contribution is 7.89. The van der Waals surface area contributed by atoms with Crippen LogP contribution < -0.4 is 0 Å². The van der Waals surface area contributed by atoms with Crippen molar-refractivity contribution < 1.29 is 35.9 Å². The molecule has 0 bridgehead atoms. The summed E-state index contributed by atoms with van der Waals surface area (Å²) in [6, 6.07) is 27.3. The zero-order valence-corrected chi connectivity index (χ0v) is 25.7. The Kier molecular flexibility index (Phi) is 8.66. The molecule has 45 heavy (non-hydrogen) atoms. The van der Waals surface area contributed by atoms with E-state index in [1.165, 1.54) is 0 Å². The molecule has 0 aliphatic heterocycles. The average Bonchev–Trinajstić information content (AvgIpc) is 3.46. The van der Waals surface area contributed by atoms with E-state index in [0.717, 1.165) is 38.5 Å². The lowest BCUT2D eigenvalue weighted by Crippen LogP contribution is -2.31. The number of furan rings is 1. The molecule has 234 valence electrons. The Morgan fingerprint density at radius 2 is 1.56 bits per heavy atom. The molecule has 5 aromatic rings. The van der Waals surface area contributed by atoms with Crippen molar-refractivity contribution in [1.82, 2.24) is 4.31 Å². The maximum atomic E-state index is 14.3. The second kappa shape index (κ2) is 12.2. The first-order valence-electron chi connectivity index (χ1n) is 14.2. The fourth-order valence-electron chi connectivity index (χ4n) is 5.44. The Balaban J connectivity index is 1.50. The lowest BCUT2D eigenvalue weighted by atomic mass is 9.80. The minimum absolute atomic E-state index is 0.0317. The number of hydrogen-bond donors (Lipinski definition) is 1. The summed E-state index contributed by atoms with van der Waals surface area (Å²) in [5, 5.41) is 10.6. The molecular formula is C35H32F3NO5S. The molecule has 0 radical (unpaired) electrons. The lowest BCUT2D eigenvalue weighted by molar-refractivity contribution is -0.153. The van der Waals surface area contributed by atoms with E-state index in [2.05, 4.69) is 0 Å². The summed E-state index contributed by atoms with van der Waals surface area (Å²) in [5.41, 5.74) is 3.11. The summed E-state index contributed by atoms with van der Waals surface area (Å²) < 4.78 is 74.6. The maximum Gasteiger partial charge on any atom is 0.449 e. The Morgan fingerprint density at radius 3 is 2.22 bits per heavy atom. The molecule has 0 unspecified atom stereocenters. The van der Waals surface area contributed by atoms with Crippen LogP contribution in [0.2, 0.25) is 0 Å². The number of aliphatic carboxylic acids is 1. The normalized spacial score (nSPS) is 12.6. The lowest BCUT2D eigenvalue weighted by Gasteiger charge is -2.24. The van der Waals surface area contributed by atoms with Gasteiger partial charge >= 0.3 is 12.1 Å². The van der Waals surface area contributed by atoms with Gasteiger partial charge in [0.05, 0.1) is 17.9 Å². The highest BCUT2D eigenvalue weighted by Crippen LogP contribution is 2.35. The van der Waals surface area contributed by atoms with Crippen LogP contribution in [-0.4, -0.2) is 23.8 Å². The van der Waals surface area contributed by atoms with Crippen LogP contribution in [0.3, 0.4) is 0 Å². The fourth-order valence-corrected chi connectivity index (χ4v) is 7.26. The zero-order valence-electron chi connectivity index (χ0n) is 24.9. The summed E-state index contributed by atoms with van der Waals surface area (Å²) in [4.78, 5) is 11.5. The summed E-state index contributed by atoms with van der Waals surface area (Å²) in [6.45, 7) is 4.88. The third-order valence-electron chi connectivity index (χ3n) is 7.83. The monoisotopic (exact) mass is 635 g/mol. The predicted octanol–water partition coefficient (Wildman–Crippen LogP) is 8.57. The topological polar surface area (TPSA) is 87.8 Å². The highest BCUT2D eigenvalue weighted by Gasteiger charge is 2.36. The van der Waals surface area contributed by atoms with Crippen molar-refractivity contribution in [3.8, 4) is 11.1 Å². The highest BCUT2D eigenvalue weighted by atomic mass is 32.2. The van der Waals surface area contributed by atoms with Crippen LogP contribution in [0.15, 0.2) is 106 Å². The van der Waals surface area contributed by atoms with Crippen molar-refractivity contribution in [3.05, 3.63) is 125 Å². The molecule has 10 heteroatoms. The van der Waals surface area contributed by atoms with Crippen molar-refractivity contribution in [2.24, 2.45) is 0 Å². The Labute approximate surface area is 259 Å². The first-order valence-corrected chi connectivity index (χ1v) is 15.7. The number of hydrogen-bond acceptors (Lipinski definition) is 4. The summed E-state index contributed by atoms with van der Waals surface area (Å²) in [7, 11) is -4.23. The van der Waals surface area contributed by atoms with E-state index in [1.54, 1.807) is 49.4 Å². The van der Waals surface area contributed by atoms with Gasteiger partial charge in [-0.25, -0.2) is 8.42 Å². The second-order valence-corrected chi connectivity index (χ2v) is 13.6. The number of alkyl halides is 3. The van der Waals surface area contributed by atoms with Crippen molar-refractivity contribution in [1.29, 1.82) is 0 Å². The van der Waals surface area contributed by atoms with Gasteiger partial charge in [-0.05, 0) is 52.3 Å². The number of carboxylic acid groups (broad SMARTS) is 1. The number of halogens is 3. The van der Waals surface area contributed by atoms with Gasteiger partial charge in [0.1, 0.15) is 5.76 Å². The summed E-state index contributed by atoms with van der Waals surface area (Å²) in [5.74, 6) is -2.23. The predicted molar refractivity (Wildman–Crippen MR) is 166 cm³/mol. The second-order valence-electron chi connectivity index (χ2n) is 11.7. The van der Waals surface area contributed by atoms with E-state index in [-0.39, 0.29) is 23.6 Å². The smallest absolute Gasteiger partial charge is 0.449 e. The molecule has 1 heterocycles. The molecular weight excluding hydrogens is 603 g/mol. The van der Waals surface area contributed by atoms with Crippen molar-refractivity contribution in [2.45, 2.75) is 56.8 Å². The molecule has 0 saturated heterocycles. The van der Waals surface area contributed by atoms with E-state index in [9.17, 15) is 31.5 Å². The quantitative estimate of drug-likeness (QED) is 0.166. The summed E-state index contributed by atoms with van der Waals surface area (Å²) >= 11 is 0. The molecule has 0 atom stereocenters. The standard InChI is InChI=1S/C35H32F3NO5S/c1-23-11-14-26-7-4-5-10-30(26)33(23)45(42,43)39(22-29-17-18-31(44-29)35(36,37)38)21-24-12-15-25(16-13-24)27-8-6-9-28(19-27)34(2,3)20-32(40)41/h4-19H,20-22H2,1-3H3,(H,40,41). The number of carboxylic acids is 1. The Bertz CT molecular complexity index is 1960. The molecule has 0 fully saturated rings. The minimum Gasteiger partial charge on any atom is -0.481 e. The number of fused-ring (bicyclic) bond motifs is 1. The van der Waals surface area contributed by atoms with Gasteiger partial charge < -0.3 is 9.52 Å². The number of sulfonamides is 1. The zero-order chi connectivity index (χ0) is 32.6. The molecule has 1 aromatic heterocycles. The Hall–Kier alpha value is -4.41. The van der Waals surface area contributed by atoms with E-state index in [0.29, 0.717) is 16.5 Å². The molecule has 0 amide bonds. The first kappa shape index (κ1) is 32.0. The fraction of sp³-hybridized carbons (Fsp3) is 0.229. The van der Waals surface area contributed by atoms with Crippen LogP contribution in [0.25, 0.3) is 21.9 Å². The van der Waals surface area contributed by atoms with Gasteiger partial charge in [0.25, 0.3) is 0 Å². The van der Waals surface area contributed by atoms with Crippen molar-refractivity contribution in [3.63, 3.8) is 0 Å². The van der Waals surface area contributed by atoms with Crippen LogP contribution in [-0.2, 0) is 39.5 Å². The molecule has 5 rings (SSSR count). The third-order valence-corrected chi connectivity index (χ3v) is 9.83. The molecule has 0 spiro atoms. The molecule has 4 aromatic carbocycles. The average molecular weight is 636 g/mol. The van der Waals surface area contributed by atoms with Crippen molar-refractivity contribution in [2.75, 3.05) is 0 Å². The van der Waals surface area contributed by atoms with Gasteiger partial charge in [0, 0.05) is 17.3 Å². The largest absolute Gasteiger partial charge is 0.481 e. The minimum atomic E-state index is -4.70. The third kappa shape index (κ3) is 6.97. The number of aryl methyl sites for hydroxylation is 1. The molecule has 0 saturated carbocycles. The number of benzene rings is 4. The van der Waals surface area contributed by atoms with Crippen LogP contribution in [0, 0.1) is 6.92 Å². The molecule has 6 nitrogen and oxygen atoms in total. The van der Waals surface area contributed by atoms with Gasteiger partial charge in [-0.15, -0.1) is 0 Å². The van der Waals surface area contributed by atoms with E-state index in [4.69, 9.17) is 4.42 Å². The summed E-state index contributed by atoms with van der Waals surface area (Å²) in [6.07, 6.45) is -4.74. The van der Waals surface area contributed by atoms with Gasteiger partial charge in [-0.3, -0.25) is 4.79 Å². The first-order chi connectivity index (χ1) is 21.1. The maximum absolute atomic E-state index is 14.3.